The zero-order chi connectivity index (χ0) is 21.6. The molecule has 0 unspecified atom stereocenters. The zero-order valence-electron chi connectivity index (χ0n) is 17.3. The molecule has 1 heterocycles. The van der Waals surface area contributed by atoms with Gasteiger partial charge in [0.2, 0.25) is 5.13 Å². The van der Waals surface area contributed by atoms with Crippen molar-refractivity contribution >= 4 is 33.5 Å². The van der Waals surface area contributed by atoms with E-state index in [1.54, 1.807) is 6.21 Å². The van der Waals surface area contributed by atoms with Crippen molar-refractivity contribution in [1.29, 1.82) is 0 Å². The quantitative estimate of drug-likeness (QED) is 0.221. The maximum Gasteiger partial charge on any atom is 0.203 e. The lowest BCUT2D eigenvalue weighted by molar-refractivity contribution is 0.307. The van der Waals surface area contributed by atoms with Crippen LogP contribution in [0.25, 0.3) is 22.0 Å². The molecule has 0 radical (unpaired) electrons. The smallest absolute Gasteiger partial charge is 0.203 e. The van der Waals surface area contributed by atoms with E-state index in [0.29, 0.717) is 6.61 Å². The molecule has 0 amide bonds. The first-order valence-electron chi connectivity index (χ1n) is 10.3. The molecule has 0 aliphatic carbocycles. The summed E-state index contributed by atoms with van der Waals surface area (Å²) in [6, 6.07) is 32.7. The van der Waals surface area contributed by atoms with Crippen molar-refractivity contribution in [3.05, 3.63) is 114 Å². The highest BCUT2D eigenvalue weighted by Crippen LogP contribution is 2.25. The first-order valence-corrected chi connectivity index (χ1v) is 11.2. The van der Waals surface area contributed by atoms with Gasteiger partial charge < -0.3 is 4.74 Å². The van der Waals surface area contributed by atoms with Gasteiger partial charge >= 0.3 is 0 Å². The van der Waals surface area contributed by atoms with Crippen molar-refractivity contribution < 1.29 is 4.74 Å². The van der Waals surface area contributed by atoms with Crippen LogP contribution in [0.3, 0.4) is 0 Å². The third-order valence-corrected chi connectivity index (χ3v) is 5.83. The summed E-state index contributed by atoms with van der Waals surface area (Å²) in [4.78, 5) is 4.59. The van der Waals surface area contributed by atoms with Crippen LogP contribution < -0.4 is 10.2 Å². The molecular weight excluding hydrogens is 414 g/mol. The van der Waals surface area contributed by atoms with E-state index in [9.17, 15) is 0 Å². The van der Waals surface area contributed by atoms with Gasteiger partial charge in [0, 0.05) is 10.9 Å². The fourth-order valence-electron chi connectivity index (χ4n) is 3.49. The molecule has 5 aromatic rings. The molecule has 5 heteroatoms. The highest BCUT2D eigenvalue weighted by Gasteiger charge is 2.04. The van der Waals surface area contributed by atoms with Gasteiger partial charge in [0.05, 0.1) is 11.9 Å². The van der Waals surface area contributed by atoms with Gasteiger partial charge in [-0.15, -0.1) is 11.3 Å². The third kappa shape index (κ3) is 4.68. The molecule has 0 bridgehead atoms. The van der Waals surface area contributed by atoms with Crippen LogP contribution in [-0.4, -0.2) is 11.2 Å². The van der Waals surface area contributed by atoms with Crippen LogP contribution >= 0.6 is 11.3 Å². The molecule has 1 N–H and O–H groups in total. The Balaban J connectivity index is 1.22. The highest BCUT2D eigenvalue weighted by molar-refractivity contribution is 7.14. The molecule has 0 atom stereocenters. The van der Waals surface area contributed by atoms with Gasteiger partial charge in [0.15, 0.2) is 0 Å². The lowest BCUT2D eigenvalue weighted by Crippen LogP contribution is -1.97. The van der Waals surface area contributed by atoms with Gasteiger partial charge in [-0.25, -0.2) is 4.98 Å². The Labute approximate surface area is 190 Å². The molecule has 4 aromatic carbocycles. The van der Waals surface area contributed by atoms with Gasteiger partial charge in [-0.3, -0.25) is 5.43 Å². The maximum atomic E-state index is 6.07. The second-order valence-corrected chi connectivity index (χ2v) is 8.13. The molecule has 32 heavy (non-hydrogen) atoms. The molecule has 0 aliphatic rings. The predicted octanol–water partition coefficient (Wildman–Crippen LogP) is 6.99. The second-order valence-electron chi connectivity index (χ2n) is 7.27. The summed E-state index contributed by atoms with van der Waals surface area (Å²) in [6.45, 7) is 0.515. The third-order valence-electron chi connectivity index (χ3n) is 5.08. The molecule has 1 aromatic heterocycles. The molecular formula is C27H21N3OS. The van der Waals surface area contributed by atoms with Gasteiger partial charge in [-0.2, -0.15) is 5.10 Å². The first kappa shape index (κ1) is 20.0. The molecule has 0 fully saturated rings. The molecule has 0 aliphatic heterocycles. The maximum absolute atomic E-state index is 6.07. The van der Waals surface area contributed by atoms with E-state index in [0.717, 1.165) is 27.7 Å². The van der Waals surface area contributed by atoms with E-state index in [1.807, 2.05) is 60.0 Å². The molecule has 5 rings (SSSR count). The summed E-state index contributed by atoms with van der Waals surface area (Å²) >= 11 is 1.53. The lowest BCUT2D eigenvalue weighted by Gasteiger charge is -2.09. The van der Waals surface area contributed by atoms with Crippen LogP contribution in [-0.2, 0) is 6.61 Å². The van der Waals surface area contributed by atoms with E-state index in [2.05, 4.69) is 58.0 Å². The normalized spacial score (nSPS) is 11.1. The zero-order valence-corrected chi connectivity index (χ0v) is 18.1. The van der Waals surface area contributed by atoms with E-state index < -0.39 is 0 Å². The predicted molar refractivity (Wildman–Crippen MR) is 133 cm³/mol. The number of hydrogen-bond acceptors (Lipinski definition) is 5. The number of ether oxygens (including phenoxy) is 1. The SMILES string of the molecule is C(=N/Nc1nc(-c2ccccc2)cs1)/c1cccc(OCc2cccc3ccccc23)c1. The molecule has 4 nitrogen and oxygen atoms in total. The Morgan fingerprint density at radius 1 is 0.875 bits per heavy atom. The number of rotatable bonds is 7. The summed E-state index contributed by atoms with van der Waals surface area (Å²) < 4.78 is 6.07. The fraction of sp³-hybridized carbons (Fsp3) is 0.0370. The van der Waals surface area contributed by atoms with Crippen molar-refractivity contribution in [3.63, 3.8) is 0 Å². The van der Waals surface area contributed by atoms with Crippen LogP contribution in [0, 0.1) is 0 Å². The van der Waals surface area contributed by atoms with Crippen LogP contribution in [0.4, 0.5) is 5.13 Å². The summed E-state index contributed by atoms with van der Waals surface area (Å²) in [5, 5.41) is 9.55. The minimum Gasteiger partial charge on any atom is -0.489 e. The number of anilines is 1. The molecule has 156 valence electrons. The summed E-state index contributed by atoms with van der Waals surface area (Å²) in [5.74, 6) is 0.808. The van der Waals surface area contributed by atoms with Crippen LogP contribution in [0.1, 0.15) is 11.1 Å². The minimum atomic E-state index is 0.515. The number of hydrogen-bond donors (Lipinski definition) is 1. The summed E-state index contributed by atoms with van der Waals surface area (Å²) in [5.41, 5.74) is 7.17. The van der Waals surface area contributed by atoms with E-state index in [4.69, 9.17) is 4.74 Å². The molecule has 0 saturated heterocycles. The average Bonchev–Trinajstić information content (AvgIpc) is 3.33. The van der Waals surface area contributed by atoms with Gasteiger partial charge in [-0.05, 0) is 34.0 Å². The van der Waals surface area contributed by atoms with Crippen molar-refractivity contribution in [3.8, 4) is 17.0 Å². The van der Waals surface area contributed by atoms with Crippen molar-refractivity contribution in [2.24, 2.45) is 5.10 Å². The Morgan fingerprint density at radius 3 is 2.62 bits per heavy atom. The molecule has 0 spiro atoms. The highest BCUT2D eigenvalue weighted by atomic mass is 32.1. The number of thiazole rings is 1. The largest absolute Gasteiger partial charge is 0.489 e. The van der Waals surface area contributed by atoms with Crippen molar-refractivity contribution in [2.45, 2.75) is 6.61 Å². The van der Waals surface area contributed by atoms with E-state index in [-0.39, 0.29) is 0 Å². The first-order chi connectivity index (χ1) is 15.8. The fourth-order valence-corrected chi connectivity index (χ4v) is 4.16. The van der Waals surface area contributed by atoms with Crippen LogP contribution in [0.2, 0.25) is 0 Å². The summed E-state index contributed by atoms with van der Waals surface area (Å²) in [6.07, 6.45) is 1.77. The number of benzene rings is 4. The van der Waals surface area contributed by atoms with Gasteiger partial charge in [0.25, 0.3) is 0 Å². The Bertz CT molecular complexity index is 1360. The summed E-state index contributed by atoms with van der Waals surface area (Å²) in [7, 11) is 0. The monoisotopic (exact) mass is 435 g/mol. The lowest BCUT2D eigenvalue weighted by atomic mass is 10.1. The average molecular weight is 436 g/mol. The number of nitrogens with zero attached hydrogens (tertiary/aromatic N) is 2. The molecule has 0 saturated carbocycles. The van der Waals surface area contributed by atoms with Crippen molar-refractivity contribution in [2.75, 3.05) is 5.43 Å². The Kier molecular flexibility index (Phi) is 5.90. The number of fused-ring (bicyclic) bond motifs is 1. The van der Waals surface area contributed by atoms with Crippen LogP contribution in [0.5, 0.6) is 5.75 Å². The Morgan fingerprint density at radius 2 is 1.69 bits per heavy atom. The topological polar surface area (TPSA) is 46.5 Å². The Hall–Kier alpha value is -3.96. The number of aromatic nitrogens is 1. The van der Waals surface area contributed by atoms with Crippen molar-refractivity contribution in [1.82, 2.24) is 4.98 Å². The van der Waals surface area contributed by atoms with Gasteiger partial charge in [0.1, 0.15) is 12.4 Å². The van der Waals surface area contributed by atoms with E-state index >= 15 is 0 Å². The second kappa shape index (κ2) is 9.45. The number of hydrazone groups is 1. The van der Waals surface area contributed by atoms with Crippen LogP contribution in [0.15, 0.2) is 108 Å². The standard InChI is InChI=1S/C27H21N3OS/c1-2-10-22(11-3-1)26-19-32-27(29-26)30-28-17-20-8-6-14-24(16-20)31-18-23-13-7-12-21-9-4-5-15-25(21)23/h1-17,19H,18H2,(H,29,30)/b28-17-. The van der Waals surface area contributed by atoms with Gasteiger partial charge in [-0.1, -0.05) is 84.9 Å². The minimum absolute atomic E-state index is 0.515. The van der Waals surface area contributed by atoms with E-state index in [1.165, 1.54) is 27.7 Å². The number of nitrogens with one attached hydrogen (secondary N) is 1.